The molecule has 2 saturated carbocycles. The summed E-state index contributed by atoms with van der Waals surface area (Å²) in [5, 5.41) is 0. The van der Waals surface area contributed by atoms with Crippen molar-refractivity contribution in [1.29, 1.82) is 0 Å². The molecule has 5 heteroatoms. The van der Waals surface area contributed by atoms with E-state index in [1.807, 2.05) is 4.90 Å². The lowest BCUT2D eigenvalue weighted by Crippen LogP contribution is -2.55. The maximum atomic E-state index is 12.8. The molecule has 0 unspecified atom stereocenters. The number of carbonyl (C=O) groups excluding carboxylic acids is 1. The molecule has 3 rings (SSSR count). The largest absolute Gasteiger partial charge is 0.392 e. The van der Waals surface area contributed by atoms with E-state index in [0.29, 0.717) is 4.99 Å². The summed E-state index contributed by atoms with van der Waals surface area (Å²) in [6, 6.07) is 0. The minimum absolute atomic E-state index is 0.202. The topological polar surface area (TPSA) is 49.6 Å². The molecule has 1 saturated heterocycles. The molecule has 2 aliphatic carbocycles. The number of carbonyl (C=O) groups is 1. The summed E-state index contributed by atoms with van der Waals surface area (Å²) in [6.07, 6.45) is 6.63. The van der Waals surface area contributed by atoms with Crippen LogP contribution in [-0.4, -0.2) is 53.4 Å². The van der Waals surface area contributed by atoms with Gasteiger partial charge in [0.25, 0.3) is 0 Å². The highest BCUT2D eigenvalue weighted by Gasteiger charge is 2.46. The van der Waals surface area contributed by atoms with Crippen molar-refractivity contribution in [1.82, 2.24) is 9.80 Å². The van der Waals surface area contributed by atoms with Gasteiger partial charge in [-0.3, -0.25) is 9.69 Å². The fraction of sp³-hybridized carbons (Fsp3) is 0.867. The quantitative estimate of drug-likeness (QED) is 0.796. The summed E-state index contributed by atoms with van der Waals surface area (Å²) in [6.45, 7) is 4.93. The number of nitrogens with two attached hydrogens (primary N) is 1. The number of piperazine rings is 1. The van der Waals surface area contributed by atoms with Crippen molar-refractivity contribution in [2.75, 3.05) is 32.7 Å². The van der Waals surface area contributed by atoms with E-state index in [2.05, 4.69) is 4.90 Å². The van der Waals surface area contributed by atoms with E-state index in [-0.39, 0.29) is 5.91 Å². The second kappa shape index (κ2) is 5.60. The van der Waals surface area contributed by atoms with Crippen molar-refractivity contribution in [3.8, 4) is 0 Å². The fourth-order valence-electron chi connectivity index (χ4n) is 3.65. The van der Waals surface area contributed by atoms with Gasteiger partial charge in [0, 0.05) is 32.7 Å². The predicted octanol–water partition coefficient (Wildman–Crippen LogP) is 1.39. The monoisotopic (exact) mass is 295 g/mol. The number of hydrogen-bond acceptors (Lipinski definition) is 3. The molecule has 3 aliphatic rings. The van der Waals surface area contributed by atoms with Gasteiger partial charge in [-0.2, -0.15) is 0 Å². The number of hydrogen-bond donors (Lipinski definition) is 1. The molecule has 20 heavy (non-hydrogen) atoms. The Hall–Kier alpha value is -0.680. The van der Waals surface area contributed by atoms with Crippen LogP contribution in [0.1, 0.15) is 38.5 Å². The first kappa shape index (κ1) is 14.3. The zero-order valence-electron chi connectivity index (χ0n) is 12.1. The van der Waals surface area contributed by atoms with Gasteiger partial charge in [0.05, 0.1) is 10.4 Å². The SMILES string of the molecule is NC(=S)C1(C(=O)N2CCN(CC3CC3)CC2)CCCC1. The molecule has 1 aliphatic heterocycles. The van der Waals surface area contributed by atoms with Gasteiger partial charge in [0.1, 0.15) is 0 Å². The summed E-state index contributed by atoms with van der Waals surface area (Å²) in [4.78, 5) is 17.8. The van der Waals surface area contributed by atoms with Crippen LogP contribution in [0.2, 0.25) is 0 Å². The Kier molecular flexibility index (Phi) is 4.00. The lowest BCUT2D eigenvalue weighted by atomic mass is 9.84. The van der Waals surface area contributed by atoms with Crippen LogP contribution in [0, 0.1) is 11.3 Å². The van der Waals surface area contributed by atoms with Crippen LogP contribution >= 0.6 is 12.2 Å². The Morgan fingerprint density at radius 2 is 1.75 bits per heavy atom. The summed E-state index contributed by atoms with van der Waals surface area (Å²) >= 11 is 5.22. The van der Waals surface area contributed by atoms with Crippen LogP contribution in [-0.2, 0) is 4.79 Å². The maximum Gasteiger partial charge on any atom is 0.235 e. The standard InChI is InChI=1S/C15H25N3OS/c16-13(20)15(5-1-2-6-15)14(19)18-9-7-17(8-10-18)11-12-3-4-12/h12H,1-11H2,(H2,16,20). The Bertz CT molecular complexity index is 394. The van der Waals surface area contributed by atoms with Crippen LogP contribution in [0.5, 0.6) is 0 Å². The molecule has 0 bridgehead atoms. The molecule has 3 fully saturated rings. The second-order valence-corrected chi connectivity index (χ2v) is 7.13. The third-order valence-electron chi connectivity index (χ3n) is 5.21. The van der Waals surface area contributed by atoms with Crippen LogP contribution in [0.15, 0.2) is 0 Å². The molecule has 1 amide bonds. The van der Waals surface area contributed by atoms with Gasteiger partial charge in [0.2, 0.25) is 5.91 Å². The first-order valence-electron chi connectivity index (χ1n) is 7.93. The highest BCUT2D eigenvalue weighted by molar-refractivity contribution is 7.80. The number of amides is 1. The van der Waals surface area contributed by atoms with Gasteiger partial charge in [-0.05, 0) is 31.6 Å². The summed E-state index contributed by atoms with van der Waals surface area (Å²) in [5.74, 6) is 1.13. The Labute approximate surface area is 126 Å². The molecule has 1 heterocycles. The van der Waals surface area contributed by atoms with Crippen molar-refractivity contribution in [2.24, 2.45) is 17.1 Å². The van der Waals surface area contributed by atoms with E-state index in [1.54, 1.807) is 0 Å². The Balaban J connectivity index is 1.58. The van der Waals surface area contributed by atoms with Gasteiger partial charge >= 0.3 is 0 Å². The molecule has 0 spiro atoms. The molecule has 112 valence electrons. The van der Waals surface area contributed by atoms with Gasteiger partial charge in [-0.1, -0.05) is 25.1 Å². The highest BCUT2D eigenvalue weighted by atomic mass is 32.1. The van der Waals surface area contributed by atoms with E-state index in [9.17, 15) is 4.79 Å². The summed E-state index contributed by atoms with van der Waals surface area (Å²) in [7, 11) is 0. The molecule has 0 atom stereocenters. The van der Waals surface area contributed by atoms with Gasteiger partial charge in [-0.25, -0.2) is 0 Å². The van der Waals surface area contributed by atoms with Gasteiger partial charge < -0.3 is 10.6 Å². The lowest BCUT2D eigenvalue weighted by Gasteiger charge is -2.39. The van der Waals surface area contributed by atoms with E-state index in [0.717, 1.165) is 57.8 Å². The minimum Gasteiger partial charge on any atom is -0.392 e. The summed E-state index contributed by atoms with van der Waals surface area (Å²) < 4.78 is 0. The number of rotatable bonds is 4. The van der Waals surface area contributed by atoms with Crippen LogP contribution < -0.4 is 5.73 Å². The minimum atomic E-state index is -0.520. The van der Waals surface area contributed by atoms with E-state index in [1.165, 1.54) is 19.4 Å². The second-order valence-electron chi connectivity index (χ2n) is 6.69. The Morgan fingerprint density at radius 3 is 2.25 bits per heavy atom. The van der Waals surface area contributed by atoms with Crippen molar-refractivity contribution in [3.63, 3.8) is 0 Å². The van der Waals surface area contributed by atoms with Crippen molar-refractivity contribution in [3.05, 3.63) is 0 Å². The smallest absolute Gasteiger partial charge is 0.235 e. The molecular weight excluding hydrogens is 270 g/mol. The first-order chi connectivity index (χ1) is 9.62. The third kappa shape index (κ3) is 2.70. The molecule has 0 aromatic heterocycles. The highest BCUT2D eigenvalue weighted by Crippen LogP contribution is 2.40. The number of nitrogens with zero attached hydrogens (tertiary/aromatic N) is 2. The molecule has 2 N–H and O–H groups in total. The van der Waals surface area contributed by atoms with Crippen molar-refractivity contribution >= 4 is 23.1 Å². The molecular formula is C15H25N3OS. The van der Waals surface area contributed by atoms with Gasteiger partial charge in [-0.15, -0.1) is 0 Å². The number of thiocarbonyl (C=S) groups is 1. The average Bonchev–Trinajstić information content (AvgIpc) is 3.11. The zero-order chi connectivity index (χ0) is 14.2. The van der Waals surface area contributed by atoms with Crippen LogP contribution in [0.25, 0.3) is 0 Å². The molecule has 0 aromatic carbocycles. The summed E-state index contributed by atoms with van der Waals surface area (Å²) in [5.41, 5.74) is 5.40. The van der Waals surface area contributed by atoms with Crippen molar-refractivity contribution < 1.29 is 4.79 Å². The fourth-order valence-corrected chi connectivity index (χ4v) is 3.94. The zero-order valence-corrected chi connectivity index (χ0v) is 13.0. The Morgan fingerprint density at radius 1 is 1.15 bits per heavy atom. The molecule has 4 nitrogen and oxygen atoms in total. The van der Waals surface area contributed by atoms with Crippen LogP contribution in [0.4, 0.5) is 0 Å². The predicted molar refractivity (Wildman–Crippen MR) is 83.4 cm³/mol. The third-order valence-corrected chi connectivity index (χ3v) is 5.60. The van der Waals surface area contributed by atoms with E-state index in [4.69, 9.17) is 18.0 Å². The van der Waals surface area contributed by atoms with Crippen molar-refractivity contribution in [2.45, 2.75) is 38.5 Å². The molecule has 0 radical (unpaired) electrons. The normalized spacial score (nSPS) is 26.7. The van der Waals surface area contributed by atoms with E-state index >= 15 is 0 Å². The van der Waals surface area contributed by atoms with Gasteiger partial charge in [0.15, 0.2) is 0 Å². The maximum absolute atomic E-state index is 12.8. The lowest BCUT2D eigenvalue weighted by molar-refractivity contribution is -0.139. The van der Waals surface area contributed by atoms with Crippen LogP contribution in [0.3, 0.4) is 0 Å². The first-order valence-corrected chi connectivity index (χ1v) is 8.34. The van der Waals surface area contributed by atoms with E-state index < -0.39 is 5.41 Å². The molecule has 0 aromatic rings. The average molecular weight is 295 g/mol.